The summed E-state index contributed by atoms with van der Waals surface area (Å²) in [4.78, 5) is 37.2. The Morgan fingerprint density at radius 1 is 0.949 bits per heavy atom. The maximum atomic E-state index is 13.5. The van der Waals surface area contributed by atoms with Crippen LogP contribution in [0.15, 0.2) is 72.8 Å². The van der Waals surface area contributed by atoms with Gasteiger partial charge in [-0.15, -0.1) is 0 Å². The zero-order valence-corrected chi connectivity index (χ0v) is 20.9. The molecule has 3 atom stereocenters. The third kappa shape index (κ3) is 6.97. The molecule has 4 rings (SSSR count). The Morgan fingerprint density at radius 3 is 2.18 bits per heavy atom. The molecular weight excluding hydrogens is 510 g/mol. The van der Waals surface area contributed by atoms with Crippen molar-refractivity contribution in [2.24, 2.45) is 5.92 Å². The van der Waals surface area contributed by atoms with Crippen molar-refractivity contribution in [3.63, 3.8) is 0 Å². The van der Waals surface area contributed by atoms with E-state index in [0.29, 0.717) is 23.4 Å². The number of halogens is 2. The number of aliphatic hydroxyl groups is 1. The number of carbonyl (C=O) groups excluding carboxylic acids is 2. The first-order valence-electron chi connectivity index (χ1n) is 12.5. The van der Waals surface area contributed by atoms with Gasteiger partial charge in [-0.25, -0.2) is 8.78 Å². The van der Waals surface area contributed by atoms with Gasteiger partial charge in [-0.2, -0.15) is 0 Å². The van der Waals surface area contributed by atoms with Crippen molar-refractivity contribution in [1.29, 1.82) is 0 Å². The fraction of sp³-hybridized carbons (Fsp3) is 0.276. The third-order valence-electron chi connectivity index (χ3n) is 6.58. The van der Waals surface area contributed by atoms with Gasteiger partial charge in [0.15, 0.2) is 6.61 Å². The van der Waals surface area contributed by atoms with E-state index in [0.717, 1.165) is 5.56 Å². The number of hydrogen-bond donors (Lipinski definition) is 3. The third-order valence-corrected chi connectivity index (χ3v) is 6.58. The molecule has 3 aromatic carbocycles. The van der Waals surface area contributed by atoms with E-state index < -0.39 is 35.5 Å². The van der Waals surface area contributed by atoms with Crippen LogP contribution in [0.25, 0.3) is 0 Å². The molecular formula is C29H28F2N2O6. The van der Waals surface area contributed by atoms with Crippen LogP contribution >= 0.6 is 0 Å². The van der Waals surface area contributed by atoms with Crippen molar-refractivity contribution in [1.82, 2.24) is 5.32 Å². The van der Waals surface area contributed by atoms with E-state index in [1.807, 2.05) is 0 Å². The fourth-order valence-corrected chi connectivity index (χ4v) is 4.56. The molecule has 0 saturated carbocycles. The van der Waals surface area contributed by atoms with Crippen LogP contribution in [0, 0.1) is 17.6 Å². The number of nitrogens with one attached hydrogen (secondary N) is 1. The van der Waals surface area contributed by atoms with Crippen LogP contribution in [-0.2, 0) is 14.4 Å². The molecule has 0 bridgehead atoms. The predicted molar refractivity (Wildman–Crippen MR) is 138 cm³/mol. The number of ether oxygens (including phenoxy) is 1. The highest BCUT2D eigenvalue weighted by Crippen LogP contribution is 2.46. The maximum absolute atomic E-state index is 13.5. The summed E-state index contributed by atoms with van der Waals surface area (Å²) in [7, 11) is 0. The minimum atomic E-state index is -1.01. The predicted octanol–water partition coefficient (Wildman–Crippen LogP) is 4.15. The van der Waals surface area contributed by atoms with Crippen molar-refractivity contribution >= 4 is 23.5 Å². The van der Waals surface area contributed by atoms with Crippen LogP contribution in [0.2, 0.25) is 0 Å². The van der Waals surface area contributed by atoms with Gasteiger partial charge in [-0.1, -0.05) is 24.3 Å². The normalized spacial score (nSPS) is 17.3. The van der Waals surface area contributed by atoms with Crippen molar-refractivity contribution in [3.8, 4) is 5.75 Å². The Morgan fingerprint density at radius 2 is 1.56 bits per heavy atom. The lowest BCUT2D eigenvalue weighted by molar-refractivity contribution is -0.137. The first kappa shape index (κ1) is 27.7. The summed E-state index contributed by atoms with van der Waals surface area (Å²) in [6.07, 6.45) is -0.397. The van der Waals surface area contributed by atoms with Crippen molar-refractivity contribution in [3.05, 3.63) is 95.6 Å². The van der Waals surface area contributed by atoms with Gasteiger partial charge >= 0.3 is 5.97 Å². The summed E-state index contributed by atoms with van der Waals surface area (Å²) < 4.78 is 32.2. The second-order valence-electron chi connectivity index (χ2n) is 9.23. The molecule has 0 aliphatic carbocycles. The van der Waals surface area contributed by atoms with E-state index in [-0.39, 0.29) is 37.9 Å². The maximum Gasteiger partial charge on any atom is 0.305 e. The topological polar surface area (TPSA) is 116 Å². The van der Waals surface area contributed by atoms with Crippen LogP contribution in [0.3, 0.4) is 0 Å². The van der Waals surface area contributed by atoms with Gasteiger partial charge in [-0.3, -0.25) is 14.4 Å². The van der Waals surface area contributed by atoms with Gasteiger partial charge in [0, 0.05) is 12.2 Å². The fourth-order valence-electron chi connectivity index (χ4n) is 4.56. The van der Waals surface area contributed by atoms with Gasteiger partial charge in [-0.05, 0) is 72.5 Å². The summed E-state index contributed by atoms with van der Waals surface area (Å²) in [5, 5.41) is 21.7. The quantitative estimate of drug-likeness (QED) is 0.299. The molecule has 1 saturated heterocycles. The number of benzene rings is 3. The summed E-state index contributed by atoms with van der Waals surface area (Å²) in [6.45, 7) is -0.283. The standard InChI is InChI=1S/C29H28F2N2O6/c30-20-5-1-18(2-6-20)25(34)14-13-24-28(33(29(24)38)22-9-7-21(31)8-10-22)19-3-11-23(12-4-19)39-17-26(35)32-16-15-27(36)37/h1-12,24-25,28,34H,13-17H2,(H,32,35)(H,36,37). The monoisotopic (exact) mass is 538 g/mol. The Labute approximate surface area is 223 Å². The summed E-state index contributed by atoms with van der Waals surface area (Å²) in [5.41, 5.74) is 1.89. The van der Waals surface area contributed by atoms with Gasteiger partial charge in [0.25, 0.3) is 5.91 Å². The van der Waals surface area contributed by atoms with Crippen molar-refractivity contribution < 1.29 is 38.1 Å². The van der Waals surface area contributed by atoms with E-state index in [1.165, 1.54) is 48.5 Å². The minimum Gasteiger partial charge on any atom is -0.484 e. The molecule has 204 valence electrons. The lowest BCUT2D eigenvalue weighted by Crippen LogP contribution is -2.55. The second kappa shape index (κ2) is 12.5. The number of rotatable bonds is 12. The minimum absolute atomic E-state index is 0.00262. The molecule has 1 aliphatic rings. The summed E-state index contributed by atoms with van der Waals surface area (Å²) >= 11 is 0. The number of β-lactam (4-membered cyclic amide) rings is 1. The highest BCUT2D eigenvalue weighted by molar-refractivity contribution is 6.03. The van der Waals surface area contributed by atoms with E-state index >= 15 is 0 Å². The van der Waals surface area contributed by atoms with Crippen LogP contribution in [-0.4, -0.2) is 41.1 Å². The highest BCUT2D eigenvalue weighted by atomic mass is 19.1. The second-order valence-corrected chi connectivity index (χ2v) is 9.23. The molecule has 2 amide bonds. The molecule has 10 heteroatoms. The summed E-state index contributed by atoms with van der Waals surface area (Å²) in [6, 6.07) is 17.7. The molecule has 1 aliphatic heterocycles. The zero-order chi connectivity index (χ0) is 27.9. The smallest absolute Gasteiger partial charge is 0.305 e. The molecule has 3 unspecified atom stereocenters. The number of carbonyl (C=O) groups is 3. The lowest BCUT2D eigenvalue weighted by Gasteiger charge is -2.48. The number of aliphatic carboxylic acids is 1. The molecule has 8 nitrogen and oxygen atoms in total. The van der Waals surface area contributed by atoms with Crippen molar-refractivity contribution in [2.75, 3.05) is 18.1 Å². The molecule has 3 N–H and O–H groups in total. The summed E-state index contributed by atoms with van der Waals surface area (Å²) in [5.74, 6) is -2.48. The number of aliphatic hydroxyl groups excluding tert-OH is 1. The van der Waals surface area contributed by atoms with Crippen LogP contribution in [0.4, 0.5) is 14.5 Å². The molecule has 1 heterocycles. The van der Waals surface area contributed by atoms with Crippen LogP contribution < -0.4 is 15.0 Å². The highest BCUT2D eigenvalue weighted by Gasteiger charge is 2.48. The number of hydrogen-bond acceptors (Lipinski definition) is 5. The average Bonchev–Trinajstić information content (AvgIpc) is 2.92. The molecule has 1 fully saturated rings. The first-order valence-corrected chi connectivity index (χ1v) is 12.5. The van der Waals surface area contributed by atoms with E-state index in [9.17, 15) is 28.3 Å². The van der Waals surface area contributed by atoms with Gasteiger partial charge in [0.05, 0.1) is 24.5 Å². The van der Waals surface area contributed by atoms with Gasteiger partial charge in [0.2, 0.25) is 5.91 Å². The largest absolute Gasteiger partial charge is 0.484 e. The van der Waals surface area contributed by atoms with Gasteiger partial charge in [0.1, 0.15) is 17.4 Å². The van der Waals surface area contributed by atoms with E-state index in [2.05, 4.69) is 5.32 Å². The number of carboxylic acid groups (broad SMARTS) is 1. The lowest BCUT2D eigenvalue weighted by atomic mass is 9.78. The zero-order valence-electron chi connectivity index (χ0n) is 20.9. The Kier molecular flexibility index (Phi) is 8.88. The molecule has 0 spiro atoms. The van der Waals surface area contributed by atoms with E-state index in [1.54, 1.807) is 29.2 Å². The Hall–Kier alpha value is -4.31. The van der Waals surface area contributed by atoms with Crippen molar-refractivity contribution in [2.45, 2.75) is 31.4 Å². The average molecular weight is 539 g/mol. The molecule has 0 aromatic heterocycles. The number of nitrogens with zero attached hydrogens (tertiary/aromatic N) is 1. The number of carboxylic acids is 1. The SMILES string of the molecule is O=C(O)CCNC(=O)COc1ccc(C2C(CCC(O)c3ccc(F)cc3)C(=O)N2c2ccc(F)cc2)cc1. The first-order chi connectivity index (χ1) is 18.7. The Bertz CT molecular complexity index is 1300. The molecule has 3 aromatic rings. The van der Waals surface area contributed by atoms with Crippen LogP contribution in [0.5, 0.6) is 5.75 Å². The Balaban J connectivity index is 1.44. The molecule has 39 heavy (non-hydrogen) atoms. The number of anilines is 1. The van der Waals surface area contributed by atoms with Crippen LogP contribution in [0.1, 0.15) is 42.5 Å². The number of amides is 2. The van der Waals surface area contributed by atoms with Gasteiger partial charge < -0.3 is 25.2 Å². The van der Waals surface area contributed by atoms with E-state index in [4.69, 9.17) is 9.84 Å². The molecule has 0 radical (unpaired) electrons.